The van der Waals surface area contributed by atoms with Gasteiger partial charge < -0.3 is 14.5 Å². The van der Waals surface area contributed by atoms with Gasteiger partial charge in [-0.2, -0.15) is 0 Å². The van der Waals surface area contributed by atoms with Crippen molar-refractivity contribution in [3.63, 3.8) is 0 Å². The molecule has 1 atom stereocenters. The van der Waals surface area contributed by atoms with E-state index in [2.05, 4.69) is 4.72 Å². The summed E-state index contributed by atoms with van der Waals surface area (Å²) in [4.78, 5) is 28.7. The monoisotopic (exact) mass is 471 g/mol. The molecule has 172 valence electrons. The number of amides is 2. The fourth-order valence-corrected chi connectivity index (χ4v) is 5.29. The Morgan fingerprint density at radius 2 is 1.81 bits per heavy atom. The number of ether oxygens (including phenoxy) is 1. The van der Waals surface area contributed by atoms with Gasteiger partial charge in [0, 0.05) is 50.3 Å². The van der Waals surface area contributed by atoms with Gasteiger partial charge in [-0.1, -0.05) is 32.4 Å². The zero-order valence-corrected chi connectivity index (χ0v) is 19.8. The van der Waals surface area contributed by atoms with Crippen molar-refractivity contribution in [2.45, 2.75) is 44.6 Å². The second-order valence-corrected chi connectivity index (χ2v) is 11.1. The summed E-state index contributed by atoms with van der Waals surface area (Å²) in [5, 5.41) is 0.0528. The zero-order valence-electron chi connectivity index (χ0n) is 18.2. The molecule has 2 aliphatic rings. The Labute approximate surface area is 188 Å². The molecule has 0 spiro atoms. The maximum absolute atomic E-state index is 13.0. The number of hydrogen-bond donors (Lipinski definition) is 1. The SMILES string of the molecule is CC(C)(C)C(=O)N1CCN(C(=O)c2ccc(Cl)c(S(=O)(=O)NCC3CCCO3)c2)CC1. The highest BCUT2D eigenvalue weighted by Gasteiger charge is 2.31. The number of nitrogens with zero attached hydrogens (tertiary/aromatic N) is 2. The fraction of sp³-hybridized carbons (Fsp3) is 0.619. The van der Waals surface area contributed by atoms with E-state index in [0.717, 1.165) is 12.8 Å². The summed E-state index contributed by atoms with van der Waals surface area (Å²) in [6.07, 6.45) is 1.56. The van der Waals surface area contributed by atoms with Gasteiger partial charge in [0.25, 0.3) is 5.91 Å². The summed E-state index contributed by atoms with van der Waals surface area (Å²) in [7, 11) is -3.89. The topological polar surface area (TPSA) is 96.0 Å². The third kappa shape index (κ3) is 5.77. The molecule has 1 aromatic carbocycles. The molecular formula is C21H30ClN3O5S. The van der Waals surface area contributed by atoms with Crippen molar-refractivity contribution in [3.8, 4) is 0 Å². The van der Waals surface area contributed by atoms with Crippen molar-refractivity contribution in [1.29, 1.82) is 0 Å². The van der Waals surface area contributed by atoms with E-state index < -0.39 is 15.4 Å². The summed E-state index contributed by atoms with van der Waals surface area (Å²) in [6, 6.07) is 4.26. The number of rotatable bonds is 5. The first kappa shape index (κ1) is 24.0. The Morgan fingerprint density at radius 1 is 1.16 bits per heavy atom. The Hall–Kier alpha value is -1.68. The second-order valence-electron chi connectivity index (χ2n) is 8.97. The van der Waals surface area contributed by atoms with Gasteiger partial charge in [-0.25, -0.2) is 13.1 Å². The van der Waals surface area contributed by atoms with Crippen molar-refractivity contribution in [1.82, 2.24) is 14.5 Å². The smallest absolute Gasteiger partial charge is 0.254 e. The summed E-state index contributed by atoms with van der Waals surface area (Å²) in [5.74, 6) is -0.230. The van der Waals surface area contributed by atoms with E-state index in [0.29, 0.717) is 32.8 Å². The predicted molar refractivity (Wildman–Crippen MR) is 118 cm³/mol. The number of sulfonamides is 1. The maximum atomic E-state index is 13.0. The molecule has 2 aliphatic heterocycles. The van der Waals surface area contributed by atoms with Crippen molar-refractivity contribution in [2.75, 3.05) is 39.3 Å². The van der Waals surface area contributed by atoms with E-state index in [1.807, 2.05) is 20.8 Å². The molecule has 1 unspecified atom stereocenters. The van der Waals surface area contributed by atoms with Crippen LogP contribution in [-0.2, 0) is 19.6 Å². The quantitative estimate of drug-likeness (QED) is 0.709. The lowest BCUT2D eigenvalue weighted by atomic mass is 9.94. The summed E-state index contributed by atoms with van der Waals surface area (Å²) >= 11 is 6.14. The second kappa shape index (κ2) is 9.44. The van der Waals surface area contributed by atoms with E-state index in [4.69, 9.17) is 16.3 Å². The Bertz CT molecular complexity index is 931. The molecule has 0 aliphatic carbocycles. The minimum Gasteiger partial charge on any atom is -0.377 e. The number of halogens is 1. The molecule has 10 heteroatoms. The van der Waals surface area contributed by atoms with Gasteiger partial charge in [0.1, 0.15) is 4.90 Å². The van der Waals surface area contributed by atoms with Crippen LogP contribution in [0.3, 0.4) is 0 Å². The lowest BCUT2D eigenvalue weighted by Crippen LogP contribution is -2.53. The lowest BCUT2D eigenvalue weighted by molar-refractivity contribution is -0.140. The zero-order chi connectivity index (χ0) is 22.8. The average molecular weight is 472 g/mol. The van der Waals surface area contributed by atoms with Crippen LogP contribution in [0.25, 0.3) is 0 Å². The molecule has 1 N–H and O–H groups in total. The number of benzene rings is 1. The third-order valence-electron chi connectivity index (χ3n) is 5.49. The van der Waals surface area contributed by atoms with Gasteiger partial charge in [0.15, 0.2) is 0 Å². The molecule has 8 nitrogen and oxygen atoms in total. The van der Waals surface area contributed by atoms with Gasteiger partial charge >= 0.3 is 0 Å². The van der Waals surface area contributed by atoms with Gasteiger partial charge in [-0.05, 0) is 31.0 Å². The van der Waals surface area contributed by atoms with Crippen LogP contribution in [0.15, 0.2) is 23.1 Å². The van der Waals surface area contributed by atoms with Crippen LogP contribution in [0.2, 0.25) is 5.02 Å². The molecule has 0 aromatic heterocycles. The largest absolute Gasteiger partial charge is 0.377 e. The standard InChI is InChI=1S/C21H30ClN3O5S/c1-21(2,3)20(27)25-10-8-24(9-11-25)19(26)15-6-7-17(22)18(13-15)31(28,29)23-14-16-5-4-12-30-16/h6-7,13,16,23H,4-5,8-12,14H2,1-3H3. The van der Waals surface area contributed by atoms with Crippen LogP contribution in [0.4, 0.5) is 0 Å². The number of hydrogen-bond acceptors (Lipinski definition) is 5. The fourth-order valence-electron chi connectivity index (χ4n) is 3.70. The van der Waals surface area contributed by atoms with Crippen LogP contribution in [0.1, 0.15) is 44.0 Å². The summed E-state index contributed by atoms with van der Waals surface area (Å²) in [5.41, 5.74) is -0.222. The number of carbonyl (C=O) groups excluding carboxylic acids is 2. The molecule has 1 aromatic rings. The van der Waals surface area contributed by atoms with E-state index in [-0.39, 0.29) is 39.9 Å². The highest BCUT2D eigenvalue weighted by Crippen LogP contribution is 2.25. The molecule has 2 saturated heterocycles. The highest BCUT2D eigenvalue weighted by atomic mass is 35.5. The molecule has 2 heterocycles. The van der Waals surface area contributed by atoms with E-state index in [1.54, 1.807) is 9.80 Å². The maximum Gasteiger partial charge on any atom is 0.254 e. The highest BCUT2D eigenvalue weighted by molar-refractivity contribution is 7.89. The van der Waals surface area contributed by atoms with Crippen LogP contribution in [0, 0.1) is 5.41 Å². The normalized spacial score (nSPS) is 20.2. The van der Waals surface area contributed by atoms with E-state index in [1.165, 1.54) is 18.2 Å². The van der Waals surface area contributed by atoms with Gasteiger partial charge in [0.05, 0.1) is 11.1 Å². The molecule has 3 rings (SSSR count). The molecule has 2 fully saturated rings. The Kier molecular flexibility index (Phi) is 7.30. The van der Waals surface area contributed by atoms with E-state index in [9.17, 15) is 18.0 Å². The predicted octanol–water partition coefficient (Wildman–Crippen LogP) is 2.13. The van der Waals surface area contributed by atoms with Gasteiger partial charge in [0.2, 0.25) is 15.9 Å². The van der Waals surface area contributed by atoms with Crippen LogP contribution < -0.4 is 4.72 Å². The van der Waals surface area contributed by atoms with Crippen LogP contribution in [-0.4, -0.2) is 75.5 Å². The first-order chi connectivity index (χ1) is 14.5. The third-order valence-corrected chi connectivity index (χ3v) is 7.39. The van der Waals surface area contributed by atoms with E-state index >= 15 is 0 Å². The van der Waals surface area contributed by atoms with Gasteiger partial charge in [-0.3, -0.25) is 9.59 Å². The first-order valence-corrected chi connectivity index (χ1v) is 12.3. The summed E-state index contributed by atoms with van der Waals surface area (Å²) in [6.45, 7) is 8.09. The lowest BCUT2D eigenvalue weighted by Gasteiger charge is -2.37. The Balaban J connectivity index is 1.68. The minimum atomic E-state index is -3.89. The number of nitrogens with one attached hydrogen (secondary N) is 1. The Morgan fingerprint density at radius 3 is 2.39 bits per heavy atom. The first-order valence-electron chi connectivity index (χ1n) is 10.5. The molecule has 0 saturated carbocycles. The van der Waals surface area contributed by atoms with Crippen molar-refractivity contribution in [3.05, 3.63) is 28.8 Å². The minimum absolute atomic E-state index is 0.0526. The van der Waals surface area contributed by atoms with Crippen molar-refractivity contribution in [2.24, 2.45) is 5.41 Å². The molecule has 0 bridgehead atoms. The summed E-state index contributed by atoms with van der Waals surface area (Å²) < 4.78 is 33.5. The molecule has 0 radical (unpaired) electrons. The van der Waals surface area contributed by atoms with Crippen molar-refractivity contribution >= 4 is 33.4 Å². The van der Waals surface area contributed by atoms with Crippen LogP contribution in [0.5, 0.6) is 0 Å². The van der Waals surface area contributed by atoms with Crippen LogP contribution >= 0.6 is 11.6 Å². The molecular weight excluding hydrogens is 442 g/mol. The number of carbonyl (C=O) groups is 2. The average Bonchev–Trinajstić information content (AvgIpc) is 3.25. The molecule has 31 heavy (non-hydrogen) atoms. The number of piperazine rings is 1. The van der Waals surface area contributed by atoms with Gasteiger partial charge in [-0.15, -0.1) is 0 Å². The van der Waals surface area contributed by atoms with Crippen molar-refractivity contribution < 1.29 is 22.7 Å². The molecule has 2 amide bonds.